The molecule has 4 aromatic rings. The minimum atomic E-state index is -4.41. The quantitative estimate of drug-likeness (QED) is 0.340. The second kappa shape index (κ2) is 8.28. The van der Waals surface area contributed by atoms with Crippen molar-refractivity contribution in [2.75, 3.05) is 0 Å². The number of hydrogen-bond acceptors (Lipinski definition) is 2. The van der Waals surface area contributed by atoms with Crippen molar-refractivity contribution in [3.63, 3.8) is 0 Å². The molecule has 0 saturated heterocycles. The smallest absolute Gasteiger partial charge is 0.347 e. The minimum absolute atomic E-state index is 0.0138. The molecule has 0 unspecified atom stereocenters. The molecular formula is C22H16BrF3N2OS. The summed E-state index contributed by atoms with van der Waals surface area (Å²) in [6, 6.07) is 16.6. The first kappa shape index (κ1) is 20.7. The van der Waals surface area contributed by atoms with Gasteiger partial charge in [-0.2, -0.15) is 13.2 Å². The lowest BCUT2D eigenvalue weighted by molar-refractivity contribution is -0.137. The first-order valence-electron chi connectivity index (χ1n) is 9.07. The highest BCUT2D eigenvalue weighted by atomic mass is 79.9. The van der Waals surface area contributed by atoms with Gasteiger partial charge in [0.1, 0.15) is 5.69 Å². The van der Waals surface area contributed by atoms with Crippen molar-refractivity contribution in [1.82, 2.24) is 9.88 Å². The Morgan fingerprint density at radius 1 is 1.03 bits per heavy atom. The average Bonchev–Trinajstić information content (AvgIpc) is 3.30. The topological polar surface area (TPSA) is 34.0 Å². The Morgan fingerprint density at radius 2 is 1.80 bits per heavy atom. The Bertz CT molecular complexity index is 1200. The highest BCUT2D eigenvalue weighted by Crippen LogP contribution is 2.30. The predicted molar refractivity (Wildman–Crippen MR) is 116 cm³/mol. The third-order valence-corrected chi connectivity index (χ3v) is 6.10. The van der Waals surface area contributed by atoms with Crippen LogP contribution in [-0.2, 0) is 19.3 Å². The number of fused-ring (bicyclic) bond motifs is 1. The van der Waals surface area contributed by atoms with Crippen LogP contribution < -0.4 is 5.32 Å². The third-order valence-electron chi connectivity index (χ3n) is 4.72. The molecule has 3 nitrogen and oxygen atoms in total. The second-order valence-electron chi connectivity index (χ2n) is 6.79. The van der Waals surface area contributed by atoms with Crippen LogP contribution in [0.2, 0.25) is 0 Å². The zero-order valence-corrected chi connectivity index (χ0v) is 17.9. The molecule has 1 N–H and O–H groups in total. The zero-order valence-electron chi connectivity index (χ0n) is 15.5. The van der Waals surface area contributed by atoms with Gasteiger partial charge in [-0.05, 0) is 52.9 Å². The summed E-state index contributed by atoms with van der Waals surface area (Å²) in [5, 5.41) is 4.72. The number of amides is 1. The van der Waals surface area contributed by atoms with Crippen LogP contribution in [0, 0.1) is 0 Å². The molecule has 0 aliphatic heterocycles. The van der Waals surface area contributed by atoms with Crippen molar-refractivity contribution in [2.24, 2.45) is 0 Å². The van der Waals surface area contributed by atoms with Crippen molar-refractivity contribution in [2.45, 2.75) is 19.3 Å². The largest absolute Gasteiger partial charge is 0.416 e. The highest BCUT2D eigenvalue weighted by Gasteiger charge is 2.30. The molecule has 1 amide bonds. The predicted octanol–water partition coefficient (Wildman–Crippen LogP) is 6.46. The van der Waals surface area contributed by atoms with Gasteiger partial charge in [0.25, 0.3) is 5.91 Å². The van der Waals surface area contributed by atoms with E-state index >= 15 is 0 Å². The number of halogens is 4. The molecule has 0 atom stereocenters. The summed E-state index contributed by atoms with van der Waals surface area (Å²) >= 11 is 4.95. The molecule has 0 aliphatic carbocycles. The Morgan fingerprint density at radius 3 is 2.53 bits per heavy atom. The number of carbonyl (C=O) groups excluding carboxylic acids is 1. The van der Waals surface area contributed by atoms with Crippen LogP contribution >= 0.6 is 27.3 Å². The van der Waals surface area contributed by atoms with Crippen LogP contribution in [0.3, 0.4) is 0 Å². The number of nitrogens with zero attached hydrogens (tertiary/aromatic N) is 1. The SMILES string of the molecule is O=C(NCc1cccc(C(F)(F)F)c1)c1cc2sccc2n1Cc1ccc(Br)cc1. The Hall–Kier alpha value is -2.58. The van der Waals surface area contributed by atoms with Gasteiger partial charge in [0.05, 0.1) is 15.8 Å². The lowest BCUT2D eigenvalue weighted by atomic mass is 10.1. The maximum absolute atomic E-state index is 12.9. The van der Waals surface area contributed by atoms with Crippen LogP contribution in [0.1, 0.15) is 27.2 Å². The number of aromatic nitrogens is 1. The van der Waals surface area contributed by atoms with Crippen LogP contribution in [0.25, 0.3) is 10.2 Å². The van der Waals surface area contributed by atoms with E-state index in [1.165, 1.54) is 17.4 Å². The fourth-order valence-corrected chi connectivity index (χ4v) is 4.33. The van der Waals surface area contributed by atoms with Gasteiger partial charge in [0.2, 0.25) is 0 Å². The van der Waals surface area contributed by atoms with Gasteiger partial charge < -0.3 is 9.88 Å². The van der Waals surface area contributed by atoms with Crippen molar-refractivity contribution in [3.8, 4) is 0 Å². The molecule has 2 aromatic heterocycles. The zero-order chi connectivity index (χ0) is 21.3. The van der Waals surface area contributed by atoms with E-state index in [1.54, 1.807) is 6.07 Å². The maximum Gasteiger partial charge on any atom is 0.416 e. The Balaban J connectivity index is 1.56. The first-order chi connectivity index (χ1) is 14.3. The monoisotopic (exact) mass is 492 g/mol. The number of nitrogens with one attached hydrogen (secondary N) is 1. The van der Waals surface area contributed by atoms with Gasteiger partial charge in [-0.3, -0.25) is 4.79 Å². The molecule has 2 heterocycles. The molecule has 0 spiro atoms. The van der Waals surface area contributed by atoms with Gasteiger partial charge >= 0.3 is 6.18 Å². The van der Waals surface area contributed by atoms with E-state index in [2.05, 4.69) is 21.2 Å². The molecule has 154 valence electrons. The van der Waals surface area contributed by atoms with Crippen molar-refractivity contribution in [3.05, 3.63) is 92.9 Å². The Kier molecular flexibility index (Phi) is 5.71. The number of rotatable bonds is 5. The number of alkyl halides is 3. The first-order valence-corrected chi connectivity index (χ1v) is 10.7. The van der Waals surface area contributed by atoms with Gasteiger partial charge in [0.15, 0.2) is 0 Å². The van der Waals surface area contributed by atoms with E-state index in [0.29, 0.717) is 17.8 Å². The summed E-state index contributed by atoms with van der Waals surface area (Å²) in [5.41, 5.74) is 2.13. The fraction of sp³-hybridized carbons (Fsp3) is 0.136. The summed E-state index contributed by atoms with van der Waals surface area (Å²) in [7, 11) is 0. The van der Waals surface area contributed by atoms with E-state index in [4.69, 9.17) is 0 Å². The van der Waals surface area contributed by atoms with Crippen molar-refractivity contribution < 1.29 is 18.0 Å². The summed E-state index contributed by atoms with van der Waals surface area (Å²) in [5.74, 6) is -0.326. The lowest BCUT2D eigenvalue weighted by Gasteiger charge is -2.12. The highest BCUT2D eigenvalue weighted by molar-refractivity contribution is 9.10. The van der Waals surface area contributed by atoms with E-state index < -0.39 is 11.7 Å². The Labute approximate surface area is 183 Å². The summed E-state index contributed by atoms with van der Waals surface area (Å²) in [6.07, 6.45) is -4.41. The number of benzene rings is 2. The number of thiophene rings is 1. The standard InChI is InChI=1S/C22H16BrF3N2OS/c23-17-6-4-14(5-7-17)13-28-18-8-9-30-20(18)11-19(28)21(29)27-12-15-2-1-3-16(10-15)22(24,25)26/h1-11H,12-13H2,(H,27,29). The molecule has 2 aromatic carbocycles. The molecule has 0 aliphatic rings. The maximum atomic E-state index is 12.9. The van der Waals surface area contributed by atoms with E-state index in [1.807, 2.05) is 46.3 Å². The van der Waals surface area contributed by atoms with E-state index in [-0.39, 0.29) is 12.5 Å². The molecule has 8 heteroatoms. The summed E-state index contributed by atoms with van der Waals surface area (Å²) < 4.78 is 42.6. The number of carbonyl (C=O) groups is 1. The van der Waals surface area contributed by atoms with Crippen molar-refractivity contribution >= 4 is 43.4 Å². The van der Waals surface area contributed by atoms with Gasteiger partial charge in [-0.15, -0.1) is 11.3 Å². The van der Waals surface area contributed by atoms with Crippen LogP contribution in [0.5, 0.6) is 0 Å². The van der Waals surface area contributed by atoms with E-state index in [0.717, 1.165) is 32.4 Å². The molecule has 30 heavy (non-hydrogen) atoms. The van der Waals surface area contributed by atoms with Crippen LogP contribution in [0.15, 0.2) is 70.5 Å². The molecule has 0 radical (unpaired) electrons. The van der Waals surface area contributed by atoms with Gasteiger partial charge in [-0.25, -0.2) is 0 Å². The summed E-state index contributed by atoms with van der Waals surface area (Å²) in [4.78, 5) is 12.9. The second-order valence-corrected chi connectivity index (χ2v) is 8.66. The molecule has 0 fully saturated rings. The molecule has 0 bridgehead atoms. The fourth-order valence-electron chi connectivity index (χ4n) is 3.24. The third kappa shape index (κ3) is 4.44. The van der Waals surface area contributed by atoms with E-state index in [9.17, 15) is 18.0 Å². The molecule has 0 saturated carbocycles. The lowest BCUT2D eigenvalue weighted by Crippen LogP contribution is -2.25. The normalized spacial score (nSPS) is 11.7. The molecule has 4 rings (SSSR count). The minimum Gasteiger partial charge on any atom is -0.347 e. The van der Waals surface area contributed by atoms with Gasteiger partial charge in [0, 0.05) is 17.6 Å². The number of hydrogen-bond donors (Lipinski definition) is 1. The van der Waals surface area contributed by atoms with Gasteiger partial charge in [-0.1, -0.05) is 40.2 Å². The summed E-state index contributed by atoms with van der Waals surface area (Å²) in [6.45, 7) is 0.527. The van der Waals surface area contributed by atoms with Crippen molar-refractivity contribution in [1.29, 1.82) is 0 Å². The van der Waals surface area contributed by atoms with Crippen LogP contribution in [0.4, 0.5) is 13.2 Å². The average molecular weight is 493 g/mol. The molecular weight excluding hydrogens is 477 g/mol. The van der Waals surface area contributed by atoms with Crippen LogP contribution in [-0.4, -0.2) is 10.5 Å².